The Morgan fingerprint density at radius 1 is 1.25 bits per heavy atom. The van der Waals surface area contributed by atoms with E-state index >= 15 is 0 Å². The summed E-state index contributed by atoms with van der Waals surface area (Å²) in [5.74, 6) is 0.644. The zero-order valence-electron chi connectivity index (χ0n) is 13.9. The van der Waals surface area contributed by atoms with Crippen LogP contribution in [0.4, 0.5) is 19.0 Å². The van der Waals surface area contributed by atoms with Gasteiger partial charge >= 0.3 is 6.18 Å². The number of pyridine rings is 1. The van der Waals surface area contributed by atoms with Gasteiger partial charge in [0, 0.05) is 24.2 Å². The Balaban J connectivity index is 2.39. The summed E-state index contributed by atoms with van der Waals surface area (Å²) in [5.41, 5.74) is 13.3. The zero-order valence-corrected chi connectivity index (χ0v) is 13.9. The zero-order chi connectivity index (χ0) is 18.1. The van der Waals surface area contributed by atoms with Crippen molar-refractivity contribution < 1.29 is 13.2 Å². The van der Waals surface area contributed by atoms with Gasteiger partial charge in [0.05, 0.1) is 11.7 Å². The predicted octanol–water partition coefficient (Wildman–Crippen LogP) is 3.46. The van der Waals surface area contributed by atoms with Crippen LogP contribution in [-0.2, 0) is 12.7 Å². The molecule has 24 heavy (non-hydrogen) atoms. The van der Waals surface area contributed by atoms with Crippen molar-refractivity contribution in [2.45, 2.75) is 51.9 Å². The van der Waals surface area contributed by atoms with Crippen molar-refractivity contribution in [1.29, 1.82) is 0 Å². The molecule has 132 valence electrons. The standard InChI is InChI=1S/C16H22F3N5/c1-4-9(2)14-12(7-20)15(21)24(23-14)10(3)11-5-6-13(22-8-11)16(17,18)19/h5-6,8-10H,4,7,20-21H2,1-3H3. The van der Waals surface area contributed by atoms with E-state index in [0.717, 1.165) is 23.7 Å². The van der Waals surface area contributed by atoms with Crippen LogP contribution in [-0.4, -0.2) is 14.8 Å². The Morgan fingerprint density at radius 3 is 2.38 bits per heavy atom. The minimum atomic E-state index is -4.46. The molecule has 0 saturated heterocycles. The molecule has 0 saturated carbocycles. The molecule has 0 aliphatic rings. The lowest BCUT2D eigenvalue weighted by Crippen LogP contribution is -2.14. The van der Waals surface area contributed by atoms with E-state index in [1.54, 1.807) is 4.68 Å². The Bertz CT molecular complexity index is 691. The first-order valence-electron chi connectivity index (χ1n) is 7.80. The van der Waals surface area contributed by atoms with Crippen LogP contribution in [0, 0.1) is 0 Å². The number of hydrogen-bond acceptors (Lipinski definition) is 4. The minimum Gasteiger partial charge on any atom is -0.384 e. The number of nitrogens with zero attached hydrogens (tertiary/aromatic N) is 3. The number of hydrogen-bond donors (Lipinski definition) is 2. The first-order chi connectivity index (χ1) is 11.2. The third kappa shape index (κ3) is 3.38. The summed E-state index contributed by atoms with van der Waals surface area (Å²) in [6, 6.07) is 2.01. The molecule has 0 amide bonds. The van der Waals surface area contributed by atoms with Gasteiger partial charge in [0.2, 0.25) is 0 Å². The molecule has 0 aromatic carbocycles. The summed E-state index contributed by atoms with van der Waals surface area (Å²) in [6.45, 7) is 6.16. The van der Waals surface area contributed by atoms with Gasteiger partial charge in [-0.15, -0.1) is 0 Å². The van der Waals surface area contributed by atoms with Crippen molar-refractivity contribution in [2.24, 2.45) is 5.73 Å². The number of nitrogens with two attached hydrogens (primary N) is 2. The van der Waals surface area contributed by atoms with Gasteiger partial charge in [0.25, 0.3) is 0 Å². The Kier molecular flexibility index (Phi) is 5.17. The first kappa shape index (κ1) is 18.3. The molecule has 0 bridgehead atoms. The molecule has 2 aromatic heterocycles. The van der Waals surface area contributed by atoms with Gasteiger partial charge in [-0.2, -0.15) is 18.3 Å². The lowest BCUT2D eigenvalue weighted by atomic mass is 10.0. The molecule has 4 N–H and O–H groups in total. The van der Waals surface area contributed by atoms with Crippen LogP contribution in [0.25, 0.3) is 0 Å². The maximum Gasteiger partial charge on any atom is 0.433 e. The second-order valence-corrected chi connectivity index (χ2v) is 5.86. The molecule has 2 atom stereocenters. The van der Waals surface area contributed by atoms with Crippen molar-refractivity contribution in [1.82, 2.24) is 14.8 Å². The van der Waals surface area contributed by atoms with Crippen molar-refractivity contribution in [2.75, 3.05) is 5.73 Å². The monoisotopic (exact) mass is 341 g/mol. The molecule has 8 heteroatoms. The van der Waals surface area contributed by atoms with Gasteiger partial charge in [0.1, 0.15) is 11.5 Å². The molecular formula is C16H22F3N5. The second-order valence-electron chi connectivity index (χ2n) is 5.86. The average molecular weight is 341 g/mol. The van der Waals surface area contributed by atoms with E-state index in [1.807, 2.05) is 20.8 Å². The highest BCUT2D eigenvalue weighted by Crippen LogP contribution is 2.31. The topological polar surface area (TPSA) is 82.8 Å². The predicted molar refractivity (Wildman–Crippen MR) is 86.3 cm³/mol. The molecule has 0 fully saturated rings. The van der Waals surface area contributed by atoms with Crippen molar-refractivity contribution >= 4 is 5.82 Å². The van der Waals surface area contributed by atoms with Crippen LogP contribution in [0.1, 0.15) is 61.7 Å². The van der Waals surface area contributed by atoms with Crippen LogP contribution in [0.2, 0.25) is 0 Å². The van der Waals surface area contributed by atoms with Crippen LogP contribution >= 0.6 is 0 Å². The smallest absolute Gasteiger partial charge is 0.384 e. The summed E-state index contributed by atoms with van der Waals surface area (Å²) in [5, 5.41) is 4.56. The SMILES string of the molecule is CCC(C)c1nn(C(C)c2ccc(C(F)(F)F)nc2)c(N)c1CN. The van der Waals surface area contributed by atoms with E-state index in [-0.39, 0.29) is 18.5 Å². The van der Waals surface area contributed by atoms with Gasteiger partial charge < -0.3 is 11.5 Å². The molecular weight excluding hydrogens is 319 g/mol. The number of nitrogen functional groups attached to an aromatic ring is 1. The normalized spacial score (nSPS) is 14.6. The molecule has 0 spiro atoms. The second kappa shape index (κ2) is 6.80. The van der Waals surface area contributed by atoms with E-state index in [2.05, 4.69) is 10.1 Å². The number of halogens is 3. The van der Waals surface area contributed by atoms with Crippen LogP contribution in [0.15, 0.2) is 18.3 Å². The molecule has 2 rings (SSSR count). The summed E-state index contributed by atoms with van der Waals surface area (Å²) in [6.07, 6.45) is -2.36. The molecule has 0 aliphatic carbocycles. The van der Waals surface area contributed by atoms with E-state index in [9.17, 15) is 13.2 Å². The fraction of sp³-hybridized carbons (Fsp3) is 0.500. The van der Waals surface area contributed by atoms with Crippen LogP contribution < -0.4 is 11.5 Å². The molecule has 2 heterocycles. The summed E-state index contributed by atoms with van der Waals surface area (Å²) in [4.78, 5) is 3.50. The quantitative estimate of drug-likeness (QED) is 0.872. The molecule has 5 nitrogen and oxygen atoms in total. The Labute approximate surface area is 138 Å². The molecule has 0 radical (unpaired) electrons. The summed E-state index contributed by atoms with van der Waals surface area (Å²) < 4.78 is 39.5. The van der Waals surface area contributed by atoms with Crippen molar-refractivity contribution in [3.05, 3.63) is 40.8 Å². The summed E-state index contributed by atoms with van der Waals surface area (Å²) >= 11 is 0. The number of aromatic nitrogens is 3. The maximum absolute atomic E-state index is 12.6. The van der Waals surface area contributed by atoms with Crippen LogP contribution in [0.5, 0.6) is 0 Å². The number of rotatable bonds is 5. The largest absolute Gasteiger partial charge is 0.433 e. The molecule has 2 aromatic rings. The third-order valence-corrected chi connectivity index (χ3v) is 4.29. The highest BCUT2D eigenvalue weighted by Gasteiger charge is 2.32. The van der Waals surface area contributed by atoms with Gasteiger partial charge in [-0.05, 0) is 25.0 Å². The Hall–Kier alpha value is -2.09. The van der Waals surface area contributed by atoms with Crippen molar-refractivity contribution in [3.8, 4) is 0 Å². The number of alkyl halides is 3. The third-order valence-electron chi connectivity index (χ3n) is 4.29. The highest BCUT2D eigenvalue weighted by molar-refractivity contribution is 5.46. The fourth-order valence-corrected chi connectivity index (χ4v) is 2.55. The van der Waals surface area contributed by atoms with E-state index < -0.39 is 11.9 Å². The van der Waals surface area contributed by atoms with Gasteiger partial charge in [-0.1, -0.05) is 19.9 Å². The minimum absolute atomic E-state index is 0.199. The van der Waals surface area contributed by atoms with E-state index in [0.29, 0.717) is 11.4 Å². The van der Waals surface area contributed by atoms with Gasteiger partial charge in [0.15, 0.2) is 0 Å². The maximum atomic E-state index is 12.6. The van der Waals surface area contributed by atoms with E-state index in [1.165, 1.54) is 12.3 Å². The lowest BCUT2D eigenvalue weighted by Gasteiger charge is -2.15. The van der Waals surface area contributed by atoms with Gasteiger partial charge in [-0.3, -0.25) is 4.98 Å². The number of anilines is 1. The fourth-order valence-electron chi connectivity index (χ4n) is 2.55. The average Bonchev–Trinajstić information content (AvgIpc) is 2.89. The van der Waals surface area contributed by atoms with Crippen LogP contribution in [0.3, 0.4) is 0 Å². The molecule has 2 unspecified atom stereocenters. The Morgan fingerprint density at radius 2 is 1.92 bits per heavy atom. The molecule has 0 aliphatic heterocycles. The van der Waals surface area contributed by atoms with Crippen molar-refractivity contribution in [3.63, 3.8) is 0 Å². The first-order valence-corrected chi connectivity index (χ1v) is 7.80. The highest BCUT2D eigenvalue weighted by atomic mass is 19.4. The lowest BCUT2D eigenvalue weighted by molar-refractivity contribution is -0.141. The summed E-state index contributed by atoms with van der Waals surface area (Å²) in [7, 11) is 0. The van der Waals surface area contributed by atoms with Gasteiger partial charge in [-0.25, -0.2) is 4.68 Å². The van der Waals surface area contributed by atoms with E-state index in [4.69, 9.17) is 11.5 Å².